The van der Waals surface area contributed by atoms with E-state index in [0.29, 0.717) is 13.0 Å². The van der Waals surface area contributed by atoms with Crippen LogP contribution in [0, 0.1) is 0 Å². The van der Waals surface area contributed by atoms with E-state index in [1.807, 2.05) is 0 Å². The van der Waals surface area contributed by atoms with Crippen LogP contribution in [0.2, 0.25) is 0 Å². The molecule has 9 heteroatoms. The minimum Gasteiger partial charge on any atom is -0.457 e. The molecule has 0 radical (unpaired) electrons. The van der Waals surface area contributed by atoms with Gasteiger partial charge in [-0.3, -0.25) is 4.79 Å². The van der Waals surface area contributed by atoms with E-state index in [9.17, 15) is 25.2 Å². The Morgan fingerprint density at radius 3 is 1.28 bits per heavy atom. The molecule has 414 valence electrons. The van der Waals surface area contributed by atoms with Crippen LogP contribution in [0.3, 0.4) is 0 Å². The van der Waals surface area contributed by atoms with E-state index in [4.69, 9.17) is 18.9 Å². The first kappa shape index (κ1) is 67.1. The highest BCUT2D eigenvalue weighted by Crippen LogP contribution is 2.23. The minimum absolute atomic E-state index is 0.124. The van der Waals surface area contributed by atoms with E-state index in [0.717, 1.165) is 89.9 Å². The van der Waals surface area contributed by atoms with Crippen molar-refractivity contribution >= 4 is 5.97 Å². The van der Waals surface area contributed by atoms with Crippen LogP contribution in [0.4, 0.5) is 0 Å². The molecule has 1 saturated heterocycles. The van der Waals surface area contributed by atoms with Crippen molar-refractivity contribution in [1.82, 2.24) is 0 Å². The fourth-order valence-electron chi connectivity index (χ4n) is 8.47. The van der Waals surface area contributed by atoms with E-state index in [-0.39, 0.29) is 19.2 Å². The van der Waals surface area contributed by atoms with Gasteiger partial charge in [0.2, 0.25) is 0 Å². The molecule has 1 fully saturated rings. The first-order chi connectivity index (χ1) is 35.4. The number of aliphatic hydroxyl groups is 4. The van der Waals surface area contributed by atoms with Gasteiger partial charge in [0.1, 0.15) is 30.5 Å². The Balaban J connectivity index is 2.18. The molecule has 6 atom stereocenters. The quantitative estimate of drug-likeness (QED) is 0.0267. The summed E-state index contributed by atoms with van der Waals surface area (Å²) in [6, 6.07) is 0. The number of carbonyl (C=O) groups excluding carboxylic acids is 1. The highest BCUT2D eigenvalue weighted by Gasteiger charge is 2.44. The van der Waals surface area contributed by atoms with Gasteiger partial charge < -0.3 is 39.4 Å². The second-order valence-electron chi connectivity index (χ2n) is 19.7. The molecule has 0 saturated carbocycles. The van der Waals surface area contributed by atoms with Crippen molar-refractivity contribution in [2.75, 3.05) is 26.4 Å². The maximum Gasteiger partial charge on any atom is 0.306 e. The molecule has 1 rings (SSSR count). The monoisotopic (exact) mass is 1010 g/mol. The highest BCUT2D eigenvalue weighted by atomic mass is 16.7. The van der Waals surface area contributed by atoms with Crippen molar-refractivity contribution in [3.63, 3.8) is 0 Å². The zero-order valence-electron chi connectivity index (χ0n) is 45.9. The molecule has 0 bridgehead atoms. The number of aliphatic hydroxyl groups excluding tert-OH is 4. The summed E-state index contributed by atoms with van der Waals surface area (Å²) in [7, 11) is 0. The molecule has 72 heavy (non-hydrogen) atoms. The molecule has 0 spiro atoms. The largest absolute Gasteiger partial charge is 0.457 e. The third-order valence-corrected chi connectivity index (χ3v) is 13.0. The predicted octanol–water partition coefficient (Wildman–Crippen LogP) is 15.5. The zero-order valence-corrected chi connectivity index (χ0v) is 45.9. The Bertz CT molecular complexity index is 1430. The number of rotatable bonds is 50. The Kier molecular flexibility index (Phi) is 49.4. The second kappa shape index (κ2) is 53.0. The fraction of sp³-hybridized carbons (Fsp3) is 0.730. The average molecular weight is 1010 g/mol. The van der Waals surface area contributed by atoms with Gasteiger partial charge in [-0.15, -0.1) is 0 Å². The molecule has 0 aliphatic carbocycles. The molecule has 0 amide bonds. The summed E-state index contributed by atoms with van der Waals surface area (Å²) in [5.41, 5.74) is 0. The summed E-state index contributed by atoms with van der Waals surface area (Å²) in [6.45, 7) is 4.42. The third-order valence-electron chi connectivity index (χ3n) is 13.0. The van der Waals surface area contributed by atoms with Crippen LogP contribution in [0.15, 0.2) is 97.2 Å². The van der Waals surface area contributed by atoms with Gasteiger partial charge in [-0.05, 0) is 96.3 Å². The van der Waals surface area contributed by atoms with E-state index >= 15 is 0 Å². The van der Waals surface area contributed by atoms with E-state index in [2.05, 4.69) is 111 Å². The smallest absolute Gasteiger partial charge is 0.306 e. The van der Waals surface area contributed by atoms with Crippen molar-refractivity contribution in [1.29, 1.82) is 0 Å². The van der Waals surface area contributed by atoms with Gasteiger partial charge in [-0.25, -0.2) is 0 Å². The lowest BCUT2D eigenvalue weighted by molar-refractivity contribution is -0.305. The molecule has 0 aromatic carbocycles. The van der Waals surface area contributed by atoms with Gasteiger partial charge in [0.05, 0.1) is 19.8 Å². The maximum atomic E-state index is 12.9. The van der Waals surface area contributed by atoms with Gasteiger partial charge in [0, 0.05) is 13.0 Å². The van der Waals surface area contributed by atoms with Crippen molar-refractivity contribution in [2.45, 2.75) is 269 Å². The Morgan fingerprint density at radius 1 is 0.458 bits per heavy atom. The van der Waals surface area contributed by atoms with Crippen LogP contribution >= 0.6 is 0 Å². The summed E-state index contributed by atoms with van der Waals surface area (Å²) >= 11 is 0. The molecule has 1 aliphatic rings. The van der Waals surface area contributed by atoms with Gasteiger partial charge in [0.25, 0.3) is 0 Å². The van der Waals surface area contributed by atoms with E-state index in [1.165, 1.54) is 122 Å². The lowest BCUT2D eigenvalue weighted by Crippen LogP contribution is -2.59. The first-order valence-corrected chi connectivity index (χ1v) is 29.3. The minimum atomic E-state index is -1.55. The van der Waals surface area contributed by atoms with Crippen LogP contribution < -0.4 is 0 Å². The van der Waals surface area contributed by atoms with Gasteiger partial charge in [-0.1, -0.05) is 227 Å². The van der Waals surface area contributed by atoms with Gasteiger partial charge >= 0.3 is 5.97 Å². The Morgan fingerprint density at radius 2 is 0.847 bits per heavy atom. The summed E-state index contributed by atoms with van der Waals surface area (Å²) < 4.78 is 23.0. The van der Waals surface area contributed by atoms with Gasteiger partial charge in [-0.2, -0.15) is 0 Å². The molecule has 4 N–H and O–H groups in total. The second-order valence-corrected chi connectivity index (χ2v) is 19.7. The number of allylic oxidation sites excluding steroid dienone is 16. The van der Waals surface area contributed by atoms with Crippen LogP contribution in [0.1, 0.15) is 232 Å². The number of unbranched alkanes of at least 4 members (excludes halogenated alkanes) is 23. The van der Waals surface area contributed by atoms with Crippen molar-refractivity contribution < 1.29 is 44.2 Å². The van der Waals surface area contributed by atoms with Crippen molar-refractivity contribution in [3.05, 3.63) is 97.2 Å². The number of hydrogen-bond acceptors (Lipinski definition) is 9. The first-order valence-electron chi connectivity index (χ1n) is 29.3. The number of carbonyl (C=O) groups is 1. The van der Waals surface area contributed by atoms with Crippen molar-refractivity contribution in [2.24, 2.45) is 0 Å². The number of hydrogen-bond donors (Lipinski definition) is 4. The Labute approximate surface area is 441 Å². The van der Waals surface area contributed by atoms with Crippen LogP contribution in [-0.4, -0.2) is 89.6 Å². The summed E-state index contributed by atoms with van der Waals surface area (Å²) in [5.74, 6) is -0.323. The summed E-state index contributed by atoms with van der Waals surface area (Å²) in [4.78, 5) is 12.9. The summed E-state index contributed by atoms with van der Waals surface area (Å²) in [5, 5.41) is 40.4. The van der Waals surface area contributed by atoms with Gasteiger partial charge in [0.15, 0.2) is 6.29 Å². The topological polar surface area (TPSA) is 135 Å². The highest BCUT2D eigenvalue weighted by molar-refractivity contribution is 5.69. The van der Waals surface area contributed by atoms with Crippen LogP contribution in [0.25, 0.3) is 0 Å². The molecular weight excluding hydrogens is 901 g/mol. The number of esters is 1. The van der Waals surface area contributed by atoms with Crippen LogP contribution in [-0.2, 0) is 23.7 Å². The van der Waals surface area contributed by atoms with Crippen LogP contribution in [0.5, 0.6) is 0 Å². The zero-order chi connectivity index (χ0) is 52.1. The molecule has 0 aromatic rings. The molecule has 1 heterocycles. The number of ether oxygens (including phenoxy) is 4. The molecular formula is C63H108O9. The lowest BCUT2D eigenvalue weighted by atomic mass is 9.99. The normalized spacial score (nSPS) is 19.4. The maximum absolute atomic E-state index is 12.9. The fourth-order valence-corrected chi connectivity index (χ4v) is 8.47. The van der Waals surface area contributed by atoms with E-state index in [1.54, 1.807) is 0 Å². The summed E-state index contributed by atoms with van der Waals surface area (Å²) in [6.07, 6.45) is 67.3. The lowest BCUT2D eigenvalue weighted by Gasteiger charge is -2.39. The third kappa shape index (κ3) is 42.5. The predicted molar refractivity (Wildman–Crippen MR) is 302 cm³/mol. The SMILES string of the molecule is CC/C=C\C/C=C\C/C=C\C/C=C\C/C=C\CCCCCCCCCCOCC(COC1OC(CO)C(O)C(O)C1O)OC(=O)CCCCCCCCCCCC/C=C\C/C=C\C/C=C\CCCCCCC. The molecule has 6 unspecified atom stereocenters. The molecule has 9 nitrogen and oxygen atoms in total. The average Bonchev–Trinajstić information content (AvgIpc) is 3.38. The molecule has 1 aliphatic heterocycles. The van der Waals surface area contributed by atoms with Crippen molar-refractivity contribution in [3.8, 4) is 0 Å². The Hall–Kier alpha value is -2.89. The standard InChI is InChI=1S/C63H108O9/c1-3-5-7-9-11-13-15-17-19-21-23-25-27-29-30-32-34-36-38-40-42-44-46-48-50-52-59(65)71-57(56-70-63-62(68)61(67)60(66)58(54-64)72-63)55-69-53-51-49-47-45-43-41-39-37-35-33-31-28-26-24-22-20-18-16-14-12-10-8-6-4-2/h6,8,12,14-15,17-18,20-21,23-24,26-27,29,31,33,57-58,60-64,66-68H,3-5,7,9-11,13,16,19,22,25,28,30,32,34-56H2,1-2H3/b8-6-,14-12-,17-15-,20-18-,23-21-,26-24-,29-27-,33-31-. The van der Waals surface area contributed by atoms with E-state index < -0.39 is 43.4 Å². The molecule has 0 aromatic heterocycles.